The van der Waals surface area contributed by atoms with Crippen LogP contribution in [-0.4, -0.2) is 6.41 Å². The summed E-state index contributed by atoms with van der Waals surface area (Å²) in [5.41, 5.74) is 4.21. The van der Waals surface area contributed by atoms with Gasteiger partial charge in [0.25, 0.3) is 0 Å². The zero-order valence-electron chi connectivity index (χ0n) is 11.4. The third-order valence-corrected chi connectivity index (χ3v) is 3.30. The maximum absolute atomic E-state index is 11.2. The summed E-state index contributed by atoms with van der Waals surface area (Å²) < 4.78 is 0. The SMILES string of the molecule is CCc1ccc(N([C]=O)c2ccc(CC)cc2)cc1. The molecule has 0 aromatic heterocycles. The third-order valence-electron chi connectivity index (χ3n) is 3.30. The number of hydrogen-bond donors (Lipinski definition) is 0. The summed E-state index contributed by atoms with van der Waals surface area (Å²) >= 11 is 0. The van der Waals surface area contributed by atoms with E-state index < -0.39 is 0 Å². The molecule has 0 aliphatic heterocycles. The van der Waals surface area contributed by atoms with Crippen LogP contribution in [-0.2, 0) is 17.6 Å². The van der Waals surface area contributed by atoms with E-state index in [2.05, 4.69) is 13.8 Å². The fourth-order valence-corrected chi connectivity index (χ4v) is 2.02. The van der Waals surface area contributed by atoms with E-state index in [1.807, 2.05) is 54.9 Å². The molecule has 1 radical (unpaired) electrons. The minimum atomic E-state index is 0.844. The molecule has 0 spiro atoms. The molecule has 1 amide bonds. The molecule has 2 rings (SSSR count). The Bertz CT molecular complexity index is 481. The van der Waals surface area contributed by atoms with Crippen LogP contribution in [0.4, 0.5) is 11.4 Å². The van der Waals surface area contributed by atoms with Crippen molar-refractivity contribution in [1.29, 1.82) is 0 Å². The Labute approximate surface area is 114 Å². The van der Waals surface area contributed by atoms with Gasteiger partial charge in [0, 0.05) is 11.4 Å². The lowest BCUT2D eigenvalue weighted by Crippen LogP contribution is -2.13. The van der Waals surface area contributed by atoms with Crippen LogP contribution in [0, 0.1) is 0 Å². The fourth-order valence-electron chi connectivity index (χ4n) is 2.02. The van der Waals surface area contributed by atoms with E-state index in [9.17, 15) is 4.79 Å². The van der Waals surface area contributed by atoms with Gasteiger partial charge in [-0.2, -0.15) is 0 Å². The third kappa shape index (κ3) is 3.02. The second-order valence-corrected chi connectivity index (χ2v) is 4.47. The highest BCUT2D eigenvalue weighted by Crippen LogP contribution is 2.24. The Hall–Kier alpha value is -2.09. The van der Waals surface area contributed by atoms with Gasteiger partial charge in [-0.1, -0.05) is 38.1 Å². The quantitative estimate of drug-likeness (QED) is 0.736. The van der Waals surface area contributed by atoms with Gasteiger partial charge in [-0.25, -0.2) is 0 Å². The van der Waals surface area contributed by atoms with Crippen molar-refractivity contribution in [2.45, 2.75) is 26.7 Å². The van der Waals surface area contributed by atoms with Gasteiger partial charge in [0.1, 0.15) is 0 Å². The molecule has 2 nitrogen and oxygen atoms in total. The highest BCUT2D eigenvalue weighted by molar-refractivity contribution is 5.86. The molecule has 0 aliphatic carbocycles. The second-order valence-electron chi connectivity index (χ2n) is 4.47. The van der Waals surface area contributed by atoms with E-state index >= 15 is 0 Å². The molecule has 0 saturated heterocycles. The van der Waals surface area contributed by atoms with Crippen LogP contribution in [0.15, 0.2) is 48.5 Å². The summed E-state index contributed by atoms with van der Waals surface area (Å²) in [6, 6.07) is 16.0. The van der Waals surface area contributed by atoms with E-state index in [0.717, 1.165) is 24.2 Å². The number of benzene rings is 2. The number of aryl methyl sites for hydroxylation is 2. The van der Waals surface area contributed by atoms with Crippen molar-refractivity contribution in [2.24, 2.45) is 0 Å². The molecule has 2 aromatic carbocycles. The summed E-state index contributed by atoms with van der Waals surface area (Å²) in [5.74, 6) is 0. The van der Waals surface area contributed by atoms with Crippen LogP contribution >= 0.6 is 0 Å². The Morgan fingerprint density at radius 1 is 0.789 bits per heavy atom. The topological polar surface area (TPSA) is 20.3 Å². The summed E-state index contributed by atoms with van der Waals surface area (Å²) in [6.07, 6.45) is 3.99. The molecule has 97 valence electrons. The minimum absolute atomic E-state index is 0.844. The van der Waals surface area contributed by atoms with Crippen molar-refractivity contribution < 1.29 is 4.79 Å². The first-order chi connectivity index (χ1) is 9.28. The number of rotatable bonds is 5. The molecular weight excluding hydrogens is 234 g/mol. The maximum atomic E-state index is 11.2. The molecule has 0 saturated carbocycles. The molecule has 0 heterocycles. The van der Waals surface area contributed by atoms with Gasteiger partial charge < -0.3 is 0 Å². The van der Waals surface area contributed by atoms with Gasteiger partial charge in [-0.05, 0) is 48.2 Å². The summed E-state index contributed by atoms with van der Waals surface area (Å²) in [7, 11) is 0. The Balaban J connectivity index is 2.29. The van der Waals surface area contributed by atoms with Crippen LogP contribution in [0.2, 0.25) is 0 Å². The van der Waals surface area contributed by atoms with Crippen LogP contribution in [0.5, 0.6) is 0 Å². The maximum Gasteiger partial charge on any atom is 0.321 e. The van der Waals surface area contributed by atoms with Crippen LogP contribution in [0.3, 0.4) is 0 Å². The number of anilines is 2. The lowest BCUT2D eigenvalue weighted by molar-refractivity contribution is 0.556. The first-order valence-corrected chi connectivity index (χ1v) is 6.64. The molecule has 0 aliphatic rings. The lowest BCUT2D eigenvalue weighted by atomic mass is 10.1. The standard InChI is InChI=1S/C17H18NO/c1-3-14-5-9-16(10-6-14)18(13-19)17-11-7-15(4-2)8-12-17/h5-12H,3-4H2,1-2H3. The Morgan fingerprint density at radius 2 is 1.16 bits per heavy atom. The first kappa shape index (κ1) is 13.3. The number of amides is 1. The van der Waals surface area contributed by atoms with E-state index in [0.29, 0.717) is 0 Å². The van der Waals surface area contributed by atoms with Crippen LogP contribution < -0.4 is 4.90 Å². The van der Waals surface area contributed by atoms with Crippen molar-refractivity contribution >= 4 is 17.8 Å². The van der Waals surface area contributed by atoms with Gasteiger partial charge in [0.15, 0.2) is 0 Å². The minimum Gasteiger partial charge on any atom is -0.273 e. The van der Waals surface area contributed by atoms with Crippen molar-refractivity contribution in [3.05, 3.63) is 59.7 Å². The first-order valence-electron chi connectivity index (χ1n) is 6.64. The Morgan fingerprint density at radius 3 is 1.42 bits per heavy atom. The molecule has 0 atom stereocenters. The predicted molar refractivity (Wildman–Crippen MR) is 79.5 cm³/mol. The highest BCUT2D eigenvalue weighted by Gasteiger charge is 2.08. The molecule has 0 unspecified atom stereocenters. The van der Waals surface area contributed by atoms with Crippen LogP contribution in [0.25, 0.3) is 0 Å². The fraction of sp³-hybridized carbons (Fsp3) is 0.235. The van der Waals surface area contributed by atoms with Gasteiger partial charge in [0.2, 0.25) is 0 Å². The average Bonchev–Trinajstić information content (AvgIpc) is 2.49. The van der Waals surface area contributed by atoms with E-state index in [1.165, 1.54) is 11.1 Å². The van der Waals surface area contributed by atoms with E-state index in [-0.39, 0.29) is 0 Å². The molecule has 2 heteroatoms. The summed E-state index contributed by atoms with van der Waals surface area (Å²) in [4.78, 5) is 12.8. The van der Waals surface area contributed by atoms with E-state index in [1.54, 1.807) is 4.90 Å². The number of nitrogens with zero attached hydrogens (tertiary/aromatic N) is 1. The zero-order chi connectivity index (χ0) is 13.7. The van der Waals surface area contributed by atoms with Gasteiger partial charge in [-0.3, -0.25) is 9.69 Å². The van der Waals surface area contributed by atoms with Crippen molar-refractivity contribution in [2.75, 3.05) is 4.90 Å². The molecule has 19 heavy (non-hydrogen) atoms. The monoisotopic (exact) mass is 252 g/mol. The normalized spacial score (nSPS) is 10.2. The van der Waals surface area contributed by atoms with Crippen molar-refractivity contribution in [3.8, 4) is 0 Å². The predicted octanol–water partition coefficient (Wildman–Crippen LogP) is 4.02. The van der Waals surface area contributed by atoms with Gasteiger partial charge >= 0.3 is 6.41 Å². The van der Waals surface area contributed by atoms with Crippen LogP contribution in [0.1, 0.15) is 25.0 Å². The lowest BCUT2D eigenvalue weighted by Gasteiger charge is -2.17. The smallest absolute Gasteiger partial charge is 0.273 e. The van der Waals surface area contributed by atoms with Crippen molar-refractivity contribution in [3.63, 3.8) is 0 Å². The molecule has 2 aromatic rings. The summed E-state index contributed by atoms with van der Waals surface area (Å²) in [6.45, 7) is 4.23. The zero-order valence-corrected chi connectivity index (χ0v) is 11.4. The van der Waals surface area contributed by atoms with Gasteiger partial charge in [-0.15, -0.1) is 0 Å². The second kappa shape index (κ2) is 6.19. The average molecular weight is 252 g/mol. The number of carbonyl (C=O) groups excluding carboxylic acids is 1. The Kier molecular flexibility index (Phi) is 4.35. The molecule has 0 N–H and O–H groups in total. The largest absolute Gasteiger partial charge is 0.321 e. The molecular formula is C17H18NO. The summed E-state index contributed by atoms with van der Waals surface area (Å²) in [5, 5.41) is 0. The highest BCUT2D eigenvalue weighted by atomic mass is 16.1. The van der Waals surface area contributed by atoms with Crippen molar-refractivity contribution in [1.82, 2.24) is 0 Å². The number of hydrogen-bond acceptors (Lipinski definition) is 1. The van der Waals surface area contributed by atoms with E-state index in [4.69, 9.17) is 0 Å². The molecule has 0 fully saturated rings. The molecule has 0 bridgehead atoms. The van der Waals surface area contributed by atoms with Gasteiger partial charge in [0.05, 0.1) is 0 Å².